The van der Waals surface area contributed by atoms with Gasteiger partial charge in [-0.2, -0.15) is 0 Å². The third-order valence-corrected chi connectivity index (χ3v) is 7.26. The average Bonchev–Trinajstić information content (AvgIpc) is 3.44. The predicted molar refractivity (Wildman–Crippen MR) is 128 cm³/mol. The van der Waals surface area contributed by atoms with Gasteiger partial charge in [-0.25, -0.2) is 4.79 Å². The Labute approximate surface area is 202 Å². The maximum absolute atomic E-state index is 13.3. The zero-order valence-corrected chi connectivity index (χ0v) is 19.3. The predicted octanol–water partition coefficient (Wildman–Crippen LogP) is 3.00. The highest BCUT2D eigenvalue weighted by Gasteiger charge is 2.55. The molecule has 0 unspecified atom stereocenters. The molecule has 0 saturated carbocycles. The molecule has 2 N–H and O–H groups in total. The molecule has 3 aromatic rings. The molecule has 3 aliphatic rings. The van der Waals surface area contributed by atoms with E-state index in [1.165, 1.54) is 6.42 Å². The minimum absolute atomic E-state index is 0.339. The molecule has 0 radical (unpaired) electrons. The van der Waals surface area contributed by atoms with E-state index in [4.69, 9.17) is 0 Å². The Hall–Kier alpha value is -4.01. The number of carbonyl (C=O) groups is 3. The van der Waals surface area contributed by atoms with E-state index < -0.39 is 17.5 Å². The molecule has 1 fully saturated rings. The van der Waals surface area contributed by atoms with E-state index in [1.54, 1.807) is 12.1 Å². The van der Waals surface area contributed by atoms with Gasteiger partial charge in [0.25, 0.3) is 5.91 Å². The number of fused-ring (bicyclic) bond motifs is 3. The Bertz CT molecular complexity index is 1330. The zero-order chi connectivity index (χ0) is 24.0. The molecule has 178 valence electrons. The third kappa shape index (κ3) is 3.58. The van der Waals surface area contributed by atoms with Gasteiger partial charge in [-0.15, -0.1) is 10.2 Å². The zero-order valence-electron chi connectivity index (χ0n) is 19.3. The van der Waals surface area contributed by atoms with E-state index in [9.17, 15) is 14.4 Å². The molecular weight excluding hydrogens is 444 g/mol. The van der Waals surface area contributed by atoms with Gasteiger partial charge in [-0.05, 0) is 61.1 Å². The van der Waals surface area contributed by atoms with Crippen molar-refractivity contribution >= 4 is 23.5 Å². The highest BCUT2D eigenvalue weighted by molar-refractivity contribution is 6.10. The third-order valence-electron chi connectivity index (χ3n) is 7.26. The lowest BCUT2D eigenvalue weighted by Gasteiger charge is -2.22. The van der Waals surface area contributed by atoms with Gasteiger partial charge < -0.3 is 15.2 Å². The first-order valence-electron chi connectivity index (χ1n) is 12.1. The van der Waals surface area contributed by atoms with E-state index in [0.717, 1.165) is 59.0 Å². The summed E-state index contributed by atoms with van der Waals surface area (Å²) < 4.78 is 2.18. The number of hydrogen-bond acceptors (Lipinski definition) is 5. The summed E-state index contributed by atoms with van der Waals surface area (Å²) in [6, 6.07) is 14.5. The molecule has 3 heterocycles. The second kappa shape index (κ2) is 8.33. The number of imide groups is 1. The Morgan fingerprint density at radius 1 is 1.00 bits per heavy atom. The lowest BCUT2D eigenvalue weighted by Crippen LogP contribution is -2.42. The lowest BCUT2D eigenvalue weighted by molar-refractivity contribution is -0.134. The summed E-state index contributed by atoms with van der Waals surface area (Å²) in [5.41, 5.74) is 2.33. The number of rotatable bonds is 4. The van der Waals surface area contributed by atoms with Gasteiger partial charge in [0.1, 0.15) is 17.9 Å². The number of urea groups is 1. The standard InChI is InChI=1S/C26H26N6O3/c33-22(16-32-24(34)26(28-25(32)35)14-13-17-6-3-4-7-20(17)26)27-19-11-9-18(10-12-19)23-30-29-21-8-2-1-5-15-31(21)23/h3-4,6-7,9-12H,1-2,5,8,13-16H2,(H,27,33)(H,28,35)/t26-/m1/s1. The van der Waals surface area contributed by atoms with E-state index in [1.807, 2.05) is 36.4 Å². The first kappa shape index (κ1) is 21.5. The van der Waals surface area contributed by atoms with Gasteiger partial charge in [0.15, 0.2) is 5.82 Å². The molecule has 35 heavy (non-hydrogen) atoms. The Morgan fingerprint density at radius 3 is 2.69 bits per heavy atom. The Morgan fingerprint density at radius 2 is 1.83 bits per heavy atom. The SMILES string of the molecule is O=C(CN1C(=O)N[C@@]2(CCc3ccccc32)C1=O)Nc1ccc(-c2nnc3n2CCCCC3)cc1. The number of nitrogens with zero attached hydrogens (tertiary/aromatic N) is 4. The number of carbonyl (C=O) groups excluding carboxylic acids is 3. The number of aryl methyl sites for hydroxylation is 2. The van der Waals surface area contributed by atoms with Crippen LogP contribution in [0.5, 0.6) is 0 Å². The first-order chi connectivity index (χ1) is 17.0. The van der Waals surface area contributed by atoms with E-state index in [0.29, 0.717) is 18.5 Å². The van der Waals surface area contributed by atoms with Crippen LogP contribution in [0, 0.1) is 0 Å². The van der Waals surface area contributed by atoms with Gasteiger partial charge in [-0.3, -0.25) is 14.5 Å². The monoisotopic (exact) mass is 470 g/mol. The molecule has 1 spiro atoms. The summed E-state index contributed by atoms with van der Waals surface area (Å²) in [7, 11) is 0. The lowest BCUT2D eigenvalue weighted by atomic mass is 9.92. The van der Waals surface area contributed by atoms with Gasteiger partial charge in [-0.1, -0.05) is 30.7 Å². The highest BCUT2D eigenvalue weighted by atomic mass is 16.2. The highest BCUT2D eigenvalue weighted by Crippen LogP contribution is 2.41. The number of nitrogens with one attached hydrogen (secondary N) is 2. The van der Waals surface area contributed by atoms with Crippen LogP contribution in [0.4, 0.5) is 10.5 Å². The Kier molecular flexibility index (Phi) is 5.12. The van der Waals surface area contributed by atoms with Crippen molar-refractivity contribution in [1.82, 2.24) is 25.0 Å². The molecule has 1 aliphatic carbocycles. The van der Waals surface area contributed by atoms with Crippen LogP contribution in [0.2, 0.25) is 0 Å². The second-order valence-electron chi connectivity index (χ2n) is 9.41. The molecule has 1 aromatic heterocycles. The average molecular weight is 471 g/mol. The van der Waals surface area contributed by atoms with Crippen LogP contribution >= 0.6 is 0 Å². The van der Waals surface area contributed by atoms with Crippen molar-refractivity contribution in [1.29, 1.82) is 0 Å². The summed E-state index contributed by atoms with van der Waals surface area (Å²) in [6.07, 6.45) is 5.60. The van der Waals surface area contributed by atoms with Gasteiger partial charge in [0.2, 0.25) is 5.91 Å². The summed E-state index contributed by atoms with van der Waals surface area (Å²) in [4.78, 5) is 39.7. The molecule has 2 aromatic carbocycles. The maximum Gasteiger partial charge on any atom is 0.325 e. The largest absolute Gasteiger partial charge is 0.325 e. The molecule has 1 atom stereocenters. The minimum atomic E-state index is -1.06. The van der Waals surface area contributed by atoms with Crippen molar-refractivity contribution in [2.45, 2.75) is 50.6 Å². The van der Waals surface area contributed by atoms with Crippen molar-refractivity contribution in [2.75, 3.05) is 11.9 Å². The van der Waals surface area contributed by atoms with Gasteiger partial charge >= 0.3 is 6.03 Å². The fourth-order valence-corrected chi connectivity index (χ4v) is 5.48. The summed E-state index contributed by atoms with van der Waals surface area (Å²) in [6.45, 7) is 0.571. The van der Waals surface area contributed by atoms with Crippen LogP contribution < -0.4 is 10.6 Å². The minimum Gasteiger partial charge on any atom is -0.325 e. The number of benzene rings is 2. The molecule has 6 rings (SSSR count). The fraction of sp³-hybridized carbons (Fsp3) is 0.346. The maximum atomic E-state index is 13.3. The molecule has 2 aliphatic heterocycles. The normalized spacial score (nSPS) is 21.0. The van der Waals surface area contributed by atoms with E-state index >= 15 is 0 Å². The van der Waals surface area contributed by atoms with Crippen molar-refractivity contribution in [3.8, 4) is 11.4 Å². The van der Waals surface area contributed by atoms with Gasteiger partial charge in [0.05, 0.1) is 0 Å². The summed E-state index contributed by atoms with van der Waals surface area (Å²) >= 11 is 0. The molecule has 1 saturated heterocycles. The topological polar surface area (TPSA) is 109 Å². The van der Waals surface area contributed by atoms with E-state index in [-0.39, 0.29) is 12.5 Å². The second-order valence-corrected chi connectivity index (χ2v) is 9.41. The van der Waals surface area contributed by atoms with Crippen molar-refractivity contribution in [2.24, 2.45) is 0 Å². The van der Waals surface area contributed by atoms with Crippen molar-refractivity contribution < 1.29 is 14.4 Å². The number of hydrogen-bond donors (Lipinski definition) is 2. The summed E-state index contributed by atoms with van der Waals surface area (Å²) in [5.74, 6) is 1.05. The first-order valence-corrected chi connectivity index (χ1v) is 12.1. The molecule has 4 amide bonds. The smallest absolute Gasteiger partial charge is 0.325 e. The van der Waals surface area contributed by atoms with Crippen LogP contribution in [0.3, 0.4) is 0 Å². The van der Waals surface area contributed by atoms with Crippen molar-refractivity contribution in [3.05, 3.63) is 65.5 Å². The number of anilines is 1. The number of aromatic nitrogens is 3. The van der Waals surface area contributed by atoms with E-state index in [2.05, 4.69) is 25.4 Å². The molecule has 9 heteroatoms. The summed E-state index contributed by atoms with van der Waals surface area (Å²) in [5, 5.41) is 14.4. The van der Waals surface area contributed by atoms with Crippen LogP contribution in [-0.2, 0) is 34.5 Å². The van der Waals surface area contributed by atoms with Crippen molar-refractivity contribution in [3.63, 3.8) is 0 Å². The van der Waals surface area contributed by atoms with Gasteiger partial charge in [0, 0.05) is 24.2 Å². The van der Waals surface area contributed by atoms with Crippen LogP contribution in [0.25, 0.3) is 11.4 Å². The van der Waals surface area contributed by atoms with Crippen LogP contribution in [0.1, 0.15) is 42.6 Å². The van der Waals surface area contributed by atoms with Crippen LogP contribution in [-0.4, -0.2) is 44.1 Å². The molecule has 0 bridgehead atoms. The Balaban J connectivity index is 1.14. The fourth-order valence-electron chi connectivity index (χ4n) is 5.48. The number of amides is 4. The molecular formula is C26H26N6O3. The van der Waals surface area contributed by atoms with Crippen LogP contribution in [0.15, 0.2) is 48.5 Å². The quantitative estimate of drug-likeness (QED) is 0.570. The molecule has 9 nitrogen and oxygen atoms in total.